The molecule has 0 radical (unpaired) electrons. The van der Waals surface area contributed by atoms with E-state index in [1.165, 1.54) is 0 Å². The van der Waals surface area contributed by atoms with E-state index in [0.717, 1.165) is 50.3 Å². The summed E-state index contributed by atoms with van der Waals surface area (Å²) in [5.74, 6) is 0.527. The number of hydrogen-bond donors (Lipinski definition) is 2. The topological polar surface area (TPSA) is 70.7 Å². The van der Waals surface area contributed by atoms with Crippen molar-refractivity contribution in [2.75, 3.05) is 25.0 Å². The van der Waals surface area contributed by atoms with Crippen molar-refractivity contribution < 1.29 is 14.3 Å². The maximum Gasteiger partial charge on any atom is 0.412 e. The highest BCUT2D eigenvalue weighted by atomic mass is 16.6. The normalized spacial score (nSPS) is 18.2. The predicted octanol–water partition coefficient (Wildman–Crippen LogP) is 3.38. The zero-order valence-corrected chi connectivity index (χ0v) is 16.3. The molecule has 0 bridgehead atoms. The molecule has 0 saturated carbocycles. The van der Waals surface area contributed by atoms with Crippen molar-refractivity contribution in [1.29, 1.82) is 0 Å². The second-order valence-electron chi connectivity index (χ2n) is 8.01. The number of nitrogens with one attached hydrogen (secondary N) is 2. The van der Waals surface area contributed by atoms with Crippen LogP contribution in [0.3, 0.4) is 0 Å². The van der Waals surface area contributed by atoms with Crippen LogP contribution in [0, 0.1) is 5.92 Å². The highest BCUT2D eigenvalue weighted by Gasteiger charge is 2.20. The van der Waals surface area contributed by atoms with E-state index < -0.39 is 11.7 Å². The van der Waals surface area contributed by atoms with Crippen molar-refractivity contribution in [3.05, 3.63) is 29.8 Å². The summed E-state index contributed by atoms with van der Waals surface area (Å²) in [5.41, 5.74) is 1.38. The minimum atomic E-state index is -0.515. The van der Waals surface area contributed by atoms with Gasteiger partial charge in [0.25, 0.3) is 0 Å². The van der Waals surface area contributed by atoms with Gasteiger partial charge in [-0.1, -0.05) is 12.1 Å². The number of rotatable bonds is 5. The van der Waals surface area contributed by atoms with Crippen molar-refractivity contribution in [3.63, 3.8) is 0 Å². The fourth-order valence-corrected chi connectivity index (χ4v) is 3.18. The largest absolute Gasteiger partial charge is 0.444 e. The molecule has 144 valence electrons. The number of carbonyl (C=O) groups is 2. The molecule has 0 aliphatic carbocycles. The molecule has 1 aliphatic rings. The Morgan fingerprint density at radius 2 is 2.08 bits per heavy atom. The summed E-state index contributed by atoms with van der Waals surface area (Å²) in [7, 11) is 0. The summed E-state index contributed by atoms with van der Waals surface area (Å²) in [6.45, 7) is 10.7. The molecule has 2 N–H and O–H groups in total. The Morgan fingerprint density at radius 1 is 1.31 bits per heavy atom. The van der Waals surface area contributed by atoms with Gasteiger partial charge in [-0.2, -0.15) is 0 Å². The predicted molar refractivity (Wildman–Crippen MR) is 103 cm³/mol. The third-order valence-electron chi connectivity index (χ3n) is 4.22. The van der Waals surface area contributed by atoms with Gasteiger partial charge in [0.1, 0.15) is 5.60 Å². The van der Waals surface area contributed by atoms with E-state index in [9.17, 15) is 9.59 Å². The molecule has 1 aromatic rings. The minimum Gasteiger partial charge on any atom is -0.444 e. The van der Waals surface area contributed by atoms with Crippen LogP contribution in [0.1, 0.15) is 46.1 Å². The summed E-state index contributed by atoms with van der Waals surface area (Å²) in [4.78, 5) is 25.4. The molecule has 1 fully saturated rings. The first-order valence-corrected chi connectivity index (χ1v) is 9.27. The van der Waals surface area contributed by atoms with Gasteiger partial charge in [0.05, 0.1) is 0 Å². The molecule has 0 spiro atoms. The van der Waals surface area contributed by atoms with E-state index in [-0.39, 0.29) is 5.91 Å². The summed E-state index contributed by atoms with van der Waals surface area (Å²) < 4.78 is 5.30. The van der Waals surface area contributed by atoms with Gasteiger partial charge >= 0.3 is 6.09 Å². The van der Waals surface area contributed by atoms with Gasteiger partial charge in [-0.15, -0.1) is 0 Å². The first kappa shape index (κ1) is 20.2. The number of likely N-dealkylation sites (tertiary alicyclic amines) is 1. The average molecular weight is 361 g/mol. The van der Waals surface area contributed by atoms with Crippen molar-refractivity contribution in [2.24, 2.45) is 5.92 Å². The van der Waals surface area contributed by atoms with Crippen LogP contribution in [0.4, 0.5) is 10.5 Å². The van der Waals surface area contributed by atoms with Gasteiger partial charge in [0.15, 0.2) is 0 Å². The van der Waals surface area contributed by atoms with Crippen LogP contribution in [0.2, 0.25) is 0 Å². The molecular weight excluding hydrogens is 330 g/mol. The van der Waals surface area contributed by atoms with Crippen LogP contribution in [-0.4, -0.2) is 42.1 Å². The zero-order valence-electron chi connectivity index (χ0n) is 16.3. The Hall–Kier alpha value is -2.08. The molecule has 2 rings (SSSR count). The van der Waals surface area contributed by atoms with Gasteiger partial charge in [-0.3, -0.25) is 15.0 Å². The molecule has 1 saturated heterocycles. The molecule has 0 aromatic heterocycles. The Bertz CT molecular complexity index is 625. The van der Waals surface area contributed by atoms with Crippen molar-refractivity contribution in [2.45, 2.75) is 52.7 Å². The van der Waals surface area contributed by atoms with Crippen molar-refractivity contribution in [1.82, 2.24) is 10.2 Å². The lowest BCUT2D eigenvalue weighted by Crippen LogP contribution is -2.40. The van der Waals surface area contributed by atoms with E-state index in [1.807, 2.05) is 39.0 Å². The molecule has 26 heavy (non-hydrogen) atoms. The molecular formula is C20H31N3O3. The molecule has 6 nitrogen and oxygen atoms in total. The van der Waals surface area contributed by atoms with Crippen LogP contribution in [0.5, 0.6) is 0 Å². The maximum absolute atomic E-state index is 11.9. The zero-order chi connectivity index (χ0) is 19.2. The minimum absolute atomic E-state index is 0.0306. The van der Waals surface area contributed by atoms with Gasteiger partial charge in [-0.25, -0.2) is 4.79 Å². The van der Waals surface area contributed by atoms with Gasteiger partial charge in [-0.05, 0) is 63.8 Å². The first-order chi connectivity index (χ1) is 12.2. The average Bonchev–Trinajstić information content (AvgIpc) is 2.51. The van der Waals surface area contributed by atoms with Gasteiger partial charge in [0, 0.05) is 32.2 Å². The lowest BCUT2D eigenvalue weighted by Gasteiger charge is -2.32. The fourth-order valence-electron chi connectivity index (χ4n) is 3.18. The second kappa shape index (κ2) is 9.03. The highest BCUT2D eigenvalue weighted by Crippen LogP contribution is 2.20. The molecule has 0 unspecified atom stereocenters. The van der Waals surface area contributed by atoms with Crippen molar-refractivity contribution >= 4 is 17.7 Å². The van der Waals surface area contributed by atoms with Crippen LogP contribution in [0.15, 0.2) is 24.3 Å². The summed E-state index contributed by atoms with van der Waals surface area (Å²) in [5, 5.41) is 5.71. The molecule has 1 aromatic carbocycles. The van der Waals surface area contributed by atoms with Crippen LogP contribution in [0.25, 0.3) is 0 Å². The van der Waals surface area contributed by atoms with E-state index in [1.54, 1.807) is 6.92 Å². The standard InChI is InChI=1S/C20H31N3O3/c1-15(24)21-12-17-8-6-10-23(14-17)13-16-7-5-9-18(11-16)22-19(25)26-20(2,3)4/h5,7,9,11,17H,6,8,10,12-14H2,1-4H3,(H,21,24)(H,22,25)/t17-/m0/s1. The van der Waals surface area contributed by atoms with E-state index in [4.69, 9.17) is 4.74 Å². The lowest BCUT2D eigenvalue weighted by atomic mass is 9.97. The third-order valence-corrected chi connectivity index (χ3v) is 4.22. The Morgan fingerprint density at radius 3 is 2.77 bits per heavy atom. The number of nitrogens with zero attached hydrogens (tertiary/aromatic N) is 1. The molecule has 2 amide bonds. The second-order valence-corrected chi connectivity index (χ2v) is 8.01. The number of hydrogen-bond acceptors (Lipinski definition) is 4. The quantitative estimate of drug-likeness (QED) is 0.843. The Labute approximate surface area is 156 Å². The highest BCUT2D eigenvalue weighted by molar-refractivity contribution is 5.84. The lowest BCUT2D eigenvalue weighted by molar-refractivity contribution is -0.119. The number of amides is 2. The number of piperidine rings is 1. The van der Waals surface area contributed by atoms with E-state index in [0.29, 0.717) is 5.92 Å². The monoisotopic (exact) mass is 361 g/mol. The third kappa shape index (κ3) is 7.44. The maximum atomic E-state index is 11.9. The van der Waals surface area contributed by atoms with Gasteiger partial charge < -0.3 is 10.1 Å². The number of anilines is 1. The Balaban J connectivity index is 1.89. The summed E-state index contributed by atoms with van der Waals surface area (Å²) in [6.07, 6.45) is 1.85. The number of ether oxygens (including phenoxy) is 1. The first-order valence-electron chi connectivity index (χ1n) is 9.27. The molecule has 1 heterocycles. The number of carbonyl (C=O) groups excluding carboxylic acids is 2. The van der Waals surface area contributed by atoms with E-state index in [2.05, 4.69) is 21.6 Å². The Kier molecular flexibility index (Phi) is 7.03. The van der Waals surface area contributed by atoms with Crippen LogP contribution >= 0.6 is 0 Å². The van der Waals surface area contributed by atoms with E-state index >= 15 is 0 Å². The van der Waals surface area contributed by atoms with Gasteiger partial charge in [0.2, 0.25) is 5.91 Å². The smallest absolute Gasteiger partial charge is 0.412 e. The SMILES string of the molecule is CC(=O)NC[C@@H]1CCCN(Cc2cccc(NC(=O)OC(C)(C)C)c2)C1. The molecule has 1 atom stereocenters. The summed E-state index contributed by atoms with van der Waals surface area (Å²) in [6, 6.07) is 7.86. The molecule has 1 aliphatic heterocycles. The summed E-state index contributed by atoms with van der Waals surface area (Å²) >= 11 is 0. The van der Waals surface area contributed by atoms with Crippen LogP contribution < -0.4 is 10.6 Å². The fraction of sp³-hybridized carbons (Fsp3) is 0.600. The molecule has 6 heteroatoms. The van der Waals surface area contributed by atoms with Crippen LogP contribution in [-0.2, 0) is 16.1 Å². The number of benzene rings is 1. The van der Waals surface area contributed by atoms with Crippen molar-refractivity contribution in [3.8, 4) is 0 Å².